The number of carbonyl (C=O) groups is 1. The summed E-state index contributed by atoms with van der Waals surface area (Å²) in [6.07, 6.45) is 1.16. The Bertz CT molecular complexity index is 1100. The number of primary amides is 1. The van der Waals surface area contributed by atoms with Crippen molar-refractivity contribution >= 4 is 11.6 Å². The molecule has 0 unspecified atom stereocenters. The van der Waals surface area contributed by atoms with E-state index in [1.807, 2.05) is 15.8 Å². The fraction of sp³-hybridized carbons (Fsp3) is 0.560. The van der Waals surface area contributed by atoms with Crippen molar-refractivity contribution in [2.24, 2.45) is 23.5 Å². The third-order valence-corrected chi connectivity index (χ3v) is 7.35. The number of nitriles is 1. The monoisotopic (exact) mass is 488 g/mol. The largest absolute Gasteiger partial charge is 0.417 e. The predicted octanol–water partition coefficient (Wildman–Crippen LogP) is 3.80. The normalized spacial score (nSPS) is 22.0. The molecule has 0 saturated carbocycles. The summed E-state index contributed by atoms with van der Waals surface area (Å²) in [6.45, 7) is 7.53. The molecule has 35 heavy (non-hydrogen) atoms. The van der Waals surface area contributed by atoms with Gasteiger partial charge in [0.25, 0.3) is 0 Å². The quantitative estimate of drug-likeness (QED) is 0.668. The number of halogens is 3. The maximum Gasteiger partial charge on any atom is 0.417 e. The van der Waals surface area contributed by atoms with Crippen molar-refractivity contribution in [1.29, 1.82) is 5.26 Å². The minimum absolute atomic E-state index is 0.0108. The van der Waals surface area contributed by atoms with Crippen LogP contribution in [-0.2, 0) is 17.5 Å². The number of likely N-dealkylation sites (tertiary alicyclic amines) is 1. The molecule has 2 aliphatic rings. The number of benzene rings is 1. The second-order valence-corrected chi connectivity index (χ2v) is 9.95. The fourth-order valence-electron chi connectivity index (χ4n) is 5.42. The molecule has 1 amide bonds. The lowest BCUT2D eigenvalue weighted by molar-refractivity contribution is -0.137. The van der Waals surface area contributed by atoms with Gasteiger partial charge < -0.3 is 10.6 Å². The molecule has 2 atom stereocenters. The van der Waals surface area contributed by atoms with Gasteiger partial charge in [0.2, 0.25) is 5.91 Å². The van der Waals surface area contributed by atoms with Crippen molar-refractivity contribution in [2.45, 2.75) is 45.5 Å². The molecule has 4 rings (SSSR count). The molecule has 2 aromatic rings. The molecule has 2 N–H and O–H groups in total. The SMILES string of the molecule is CC(C)n1cc(CN2CCC([C@@H]3CN(c4ccc(C#N)c(C(F)(F)F)c4)C[C@H]3C(N)=O)CC2)cn1. The Morgan fingerprint density at radius 2 is 1.97 bits per heavy atom. The van der Waals surface area contributed by atoms with Gasteiger partial charge >= 0.3 is 6.18 Å². The van der Waals surface area contributed by atoms with Gasteiger partial charge in [-0.2, -0.15) is 23.5 Å². The Hall–Kier alpha value is -3.06. The summed E-state index contributed by atoms with van der Waals surface area (Å²) in [5.74, 6) is -0.567. The molecule has 0 bridgehead atoms. The first kappa shape index (κ1) is 25.0. The highest BCUT2D eigenvalue weighted by Gasteiger charge is 2.42. The first-order chi connectivity index (χ1) is 16.6. The highest BCUT2D eigenvalue weighted by molar-refractivity contribution is 5.79. The summed E-state index contributed by atoms with van der Waals surface area (Å²) in [5.41, 5.74) is 5.90. The van der Waals surface area contributed by atoms with Crippen LogP contribution in [0.15, 0.2) is 30.6 Å². The van der Waals surface area contributed by atoms with E-state index < -0.39 is 29.1 Å². The first-order valence-electron chi connectivity index (χ1n) is 12.0. The Morgan fingerprint density at radius 1 is 1.26 bits per heavy atom. The van der Waals surface area contributed by atoms with E-state index in [4.69, 9.17) is 11.0 Å². The van der Waals surface area contributed by atoms with E-state index in [2.05, 4.69) is 30.0 Å². The zero-order chi connectivity index (χ0) is 25.3. The van der Waals surface area contributed by atoms with Crippen molar-refractivity contribution in [3.8, 4) is 6.07 Å². The predicted molar refractivity (Wildman–Crippen MR) is 125 cm³/mol. The van der Waals surface area contributed by atoms with E-state index in [1.165, 1.54) is 17.7 Å². The summed E-state index contributed by atoms with van der Waals surface area (Å²) in [5, 5.41) is 13.5. The first-order valence-corrected chi connectivity index (χ1v) is 12.0. The van der Waals surface area contributed by atoms with E-state index >= 15 is 0 Å². The van der Waals surface area contributed by atoms with Gasteiger partial charge in [0.1, 0.15) is 0 Å². The number of nitrogens with zero attached hydrogens (tertiary/aromatic N) is 5. The number of amides is 1. The standard InChI is InChI=1S/C25H31F3N6O/c1-16(2)34-13-17(11-31-34)12-32-7-5-18(6-8-32)21-14-33(15-22(21)24(30)35)20-4-3-19(10-29)23(9-20)25(26,27)28/h3-4,9,11,13,16,18,21-22H,5-8,12,14-15H2,1-2H3,(H2,30,35)/t21-,22+/m0/s1. The summed E-state index contributed by atoms with van der Waals surface area (Å²) >= 11 is 0. The lowest BCUT2D eigenvalue weighted by Gasteiger charge is -2.36. The molecule has 188 valence electrons. The Morgan fingerprint density at radius 3 is 2.54 bits per heavy atom. The van der Waals surface area contributed by atoms with Gasteiger partial charge in [-0.05, 0) is 69.8 Å². The van der Waals surface area contributed by atoms with Gasteiger partial charge in [0, 0.05) is 43.1 Å². The lowest BCUT2D eigenvalue weighted by atomic mass is 9.78. The van der Waals surface area contributed by atoms with Crippen LogP contribution in [0.5, 0.6) is 0 Å². The molecular weight excluding hydrogens is 457 g/mol. The van der Waals surface area contributed by atoms with Gasteiger partial charge in [-0.3, -0.25) is 14.4 Å². The number of anilines is 1. The smallest absolute Gasteiger partial charge is 0.370 e. The zero-order valence-corrected chi connectivity index (χ0v) is 20.0. The molecule has 0 aliphatic carbocycles. The highest BCUT2D eigenvalue weighted by Crippen LogP contribution is 2.40. The van der Waals surface area contributed by atoms with Gasteiger partial charge in [0.15, 0.2) is 0 Å². The van der Waals surface area contributed by atoms with Crippen LogP contribution in [0.2, 0.25) is 0 Å². The topological polar surface area (TPSA) is 91.2 Å². The molecule has 10 heteroatoms. The van der Waals surface area contributed by atoms with E-state index in [9.17, 15) is 18.0 Å². The molecular formula is C25H31F3N6O. The van der Waals surface area contributed by atoms with E-state index in [0.29, 0.717) is 18.3 Å². The van der Waals surface area contributed by atoms with E-state index in [0.717, 1.165) is 38.5 Å². The summed E-state index contributed by atoms with van der Waals surface area (Å²) in [7, 11) is 0. The second kappa shape index (κ2) is 9.90. The summed E-state index contributed by atoms with van der Waals surface area (Å²) < 4.78 is 42.3. The summed E-state index contributed by atoms with van der Waals surface area (Å²) in [4.78, 5) is 16.5. The van der Waals surface area contributed by atoms with Crippen LogP contribution in [0, 0.1) is 29.1 Å². The lowest BCUT2D eigenvalue weighted by Crippen LogP contribution is -2.40. The number of hydrogen-bond acceptors (Lipinski definition) is 5. The van der Waals surface area contributed by atoms with Crippen molar-refractivity contribution in [2.75, 3.05) is 31.1 Å². The highest BCUT2D eigenvalue weighted by atomic mass is 19.4. The Kier molecular flexibility index (Phi) is 7.08. The minimum atomic E-state index is -4.62. The van der Waals surface area contributed by atoms with E-state index in [1.54, 1.807) is 6.07 Å². The zero-order valence-electron chi connectivity index (χ0n) is 20.0. The number of rotatable bonds is 6. The van der Waals surface area contributed by atoms with Gasteiger partial charge in [-0.15, -0.1) is 0 Å². The molecule has 1 aromatic heterocycles. The van der Waals surface area contributed by atoms with Gasteiger partial charge in [-0.25, -0.2) is 0 Å². The van der Waals surface area contributed by atoms with Crippen LogP contribution in [0.3, 0.4) is 0 Å². The van der Waals surface area contributed by atoms with Crippen LogP contribution in [-0.4, -0.2) is 46.8 Å². The molecule has 0 spiro atoms. The molecule has 2 fully saturated rings. The third-order valence-electron chi connectivity index (χ3n) is 7.35. The Labute approximate surface area is 203 Å². The van der Waals surface area contributed by atoms with E-state index in [-0.39, 0.29) is 18.4 Å². The molecule has 7 nitrogen and oxygen atoms in total. The molecule has 2 saturated heterocycles. The molecule has 0 radical (unpaired) electrons. The number of nitrogens with two attached hydrogens (primary N) is 1. The summed E-state index contributed by atoms with van der Waals surface area (Å²) in [6, 6.07) is 5.66. The number of aromatic nitrogens is 2. The number of alkyl halides is 3. The van der Waals surface area contributed by atoms with Crippen molar-refractivity contribution in [3.05, 3.63) is 47.3 Å². The van der Waals surface area contributed by atoms with Crippen LogP contribution in [0.1, 0.15) is 49.4 Å². The average molecular weight is 489 g/mol. The fourth-order valence-corrected chi connectivity index (χ4v) is 5.42. The Balaban J connectivity index is 1.43. The van der Waals surface area contributed by atoms with Crippen molar-refractivity contribution < 1.29 is 18.0 Å². The third kappa shape index (κ3) is 5.45. The average Bonchev–Trinajstić information content (AvgIpc) is 3.46. The van der Waals surface area contributed by atoms with Crippen molar-refractivity contribution in [3.63, 3.8) is 0 Å². The van der Waals surface area contributed by atoms with Crippen LogP contribution in [0.4, 0.5) is 18.9 Å². The number of carbonyl (C=O) groups excluding carboxylic acids is 1. The van der Waals surface area contributed by atoms with Crippen LogP contribution >= 0.6 is 0 Å². The number of hydrogen-bond donors (Lipinski definition) is 1. The molecule has 3 heterocycles. The minimum Gasteiger partial charge on any atom is -0.370 e. The maximum absolute atomic E-state index is 13.5. The molecule has 1 aromatic carbocycles. The van der Waals surface area contributed by atoms with Crippen LogP contribution in [0.25, 0.3) is 0 Å². The second-order valence-electron chi connectivity index (χ2n) is 9.95. The van der Waals surface area contributed by atoms with Gasteiger partial charge in [-0.1, -0.05) is 0 Å². The molecule has 2 aliphatic heterocycles. The number of piperidine rings is 1. The van der Waals surface area contributed by atoms with Crippen molar-refractivity contribution in [1.82, 2.24) is 14.7 Å². The van der Waals surface area contributed by atoms with Gasteiger partial charge in [0.05, 0.1) is 29.3 Å². The van der Waals surface area contributed by atoms with Crippen LogP contribution < -0.4 is 10.6 Å². The maximum atomic E-state index is 13.5.